The zero-order valence-electron chi connectivity index (χ0n) is 14.7. The van der Waals surface area contributed by atoms with Gasteiger partial charge in [-0.2, -0.15) is 4.98 Å². The van der Waals surface area contributed by atoms with E-state index in [2.05, 4.69) is 38.4 Å². The lowest BCUT2D eigenvalue weighted by Crippen LogP contribution is -2.33. The molecule has 2 aromatic rings. The van der Waals surface area contributed by atoms with Crippen molar-refractivity contribution in [2.75, 3.05) is 26.1 Å². The number of benzene rings is 1. The fraction of sp³-hybridized carbons (Fsp3) is 0.474. The molecule has 2 aliphatic rings. The highest BCUT2D eigenvalue weighted by Gasteiger charge is 2.43. The summed E-state index contributed by atoms with van der Waals surface area (Å²) in [5, 5.41) is 3.53. The van der Waals surface area contributed by atoms with Crippen LogP contribution < -0.4 is 14.8 Å². The van der Waals surface area contributed by atoms with E-state index < -0.39 is 0 Å². The number of nitrogens with one attached hydrogen (secondary N) is 1. The minimum absolute atomic E-state index is 0.264. The summed E-state index contributed by atoms with van der Waals surface area (Å²) in [6.07, 6.45) is 5.38. The van der Waals surface area contributed by atoms with Crippen LogP contribution in [0.4, 0.5) is 5.95 Å². The van der Waals surface area contributed by atoms with Crippen molar-refractivity contribution in [3.8, 4) is 11.6 Å². The van der Waals surface area contributed by atoms with Crippen molar-refractivity contribution in [1.29, 1.82) is 0 Å². The maximum absolute atomic E-state index is 5.43. The lowest BCUT2D eigenvalue weighted by atomic mass is 9.99. The Morgan fingerprint density at radius 3 is 2.76 bits per heavy atom. The molecule has 1 saturated carbocycles. The number of hydrogen-bond acceptors (Lipinski definition) is 6. The highest BCUT2D eigenvalue weighted by atomic mass is 16.5. The first-order chi connectivity index (χ1) is 12.3. The third-order valence-electron chi connectivity index (χ3n) is 5.04. The van der Waals surface area contributed by atoms with E-state index in [0.717, 1.165) is 18.7 Å². The molecule has 1 aliphatic heterocycles. The van der Waals surface area contributed by atoms with Gasteiger partial charge in [-0.3, -0.25) is 4.90 Å². The largest absolute Gasteiger partial charge is 0.497 e. The Kier molecular flexibility index (Phi) is 4.44. The number of methoxy groups -OCH3 is 2. The minimum Gasteiger partial charge on any atom is -0.497 e. The van der Waals surface area contributed by atoms with Gasteiger partial charge in [-0.1, -0.05) is 12.1 Å². The van der Waals surface area contributed by atoms with Gasteiger partial charge >= 0.3 is 0 Å². The molecule has 25 heavy (non-hydrogen) atoms. The van der Waals surface area contributed by atoms with E-state index in [1.54, 1.807) is 26.5 Å². The molecule has 0 bridgehead atoms. The summed E-state index contributed by atoms with van der Waals surface area (Å²) >= 11 is 0. The Hall–Kier alpha value is -2.34. The zero-order chi connectivity index (χ0) is 17.2. The number of anilines is 1. The average Bonchev–Trinajstić information content (AvgIpc) is 3.42. The normalized spacial score (nSPS) is 23.4. The van der Waals surface area contributed by atoms with Gasteiger partial charge in [-0.25, -0.2) is 4.98 Å². The quantitative estimate of drug-likeness (QED) is 0.872. The highest BCUT2D eigenvalue weighted by Crippen LogP contribution is 2.42. The first kappa shape index (κ1) is 16.1. The third kappa shape index (κ3) is 3.39. The molecule has 2 unspecified atom stereocenters. The van der Waals surface area contributed by atoms with Crippen LogP contribution in [0.3, 0.4) is 0 Å². The Bertz CT molecular complexity index is 735. The van der Waals surface area contributed by atoms with Gasteiger partial charge in [0, 0.05) is 30.9 Å². The molecule has 0 spiro atoms. The second-order valence-electron chi connectivity index (χ2n) is 6.65. The zero-order valence-corrected chi connectivity index (χ0v) is 14.7. The first-order valence-electron chi connectivity index (χ1n) is 8.82. The molecule has 2 atom stereocenters. The molecule has 1 aromatic heterocycles. The molecule has 2 heterocycles. The topological polar surface area (TPSA) is 59.5 Å². The smallest absolute Gasteiger partial charge is 0.226 e. The molecular formula is C19H24N4O2. The van der Waals surface area contributed by atoms with Gasteiger partial charge in [0.05, 0.1) is 20.3 Å². The molecule has 132 valence electrons. The van der Waals surface area contributed by atoms with Gasteiger partial charge < -0.3 is 14.8 Å². The van der Waals surface area contributed by atoms with Gasteiger partial charge in [0.25, 0.3) is 0 Å². The summed E-state index contributed by atoms with van der Waals surface area (Å²) in [5.41, 5.74) is 1.28. The molecule has 0 amide bonds. The Labute approximate surface area is 148 Å². The van der Waals surface area contributed by atoms with E-state index in [0.29, 0.717) is 23.9 Å². The molecule has 2 fully saturated rings. The molecule has 1 aliphatic carbocycles. The number of hydrogen-bond donors (Lipinski definition) is 1. The first-order valence-corrected chi connectivity index (χ1v) is 8.82. The molecule has 1 saturated heterocycles. The maximum atomic E-state index is 5.43. The molecule has 1 aromatic carbocycles. The van der Waals surface area contributed by atoms with Crippen molar-refractivity contribution in [1.82, 2.24) is 14.9 Å². The van der Waals surface area contributed by atoms with Crippen molar-refractivity contribution in [3.05, 3.63) is 42.1 Å². The number of likely N-dealkylation sites (tertiary alicyclic amines) is 1. The Balaban J connectivity index is 1.61. The summed E-state index contributed by atoms with van der Waals surface area (Å²) < 4.78 is 10.6. The van der Waals surface area contributed by atoms with Crippen LogP contribution in [0.15, 0.2) is 36.5 Å². The SMILES string of the molecule is COc1cccc(C2C(Nc3nccc(OC)n3)CCN2C2CC2)c1. The van der Waals surface area contributed by atoms with Gasteiger partial charge in [0.15, 0.2) is 0 Å². The van der Waals surface area contributed by atoms with Crippen molar-refractivity contribution in [3.63, 3.8) is 0 Å². The monoisotopic (exact) mass is 340 g/mol. The second kappa shape index (κ2) is 6.88. The lowest BCUT2D eigenvalue weighted by Gasteiger charge is -2.29. The van der Waals surface area contributed by atoms with Crippen molar-refractivity contribution >= 4 is 5.95 Å². The van der Waals surface area contributed by atoms with E-state index in [9.17, 15) is 0 Å². The lowest BCUT2D eigenvalue weighted by molar-refractivity contribution is 0.240. The molecule has 0 radical (unpaired) electrons. The van der Waals surface area contributed by atoms with Crippen LogP contribution in [0, 0.1) is 0 Å². The standard InChI is InChI=1S/C19H24N4O2/c1-24-15-5-3-4-13(12-15)18-16(9-11-23(18)14-6-7-14)21-19-20-10-8-17(22-19)25-2/h3-5,8,10,12,14,16,18H,6-7,9,11H2,1-2H3,(H,20,21,22). The number of rotatable bonds is 6. The van der Waals surface area contributed by atoms with Crippen LogP contribution in [0.5, 0.6) is 11.6 Å². The molecule has 6 nitrogen and oxygen atoms in total. The Morgan fingerprint density at radius 1 is 1.12 bits per heavy atom. The summed E-state index contributed by atoms with van der Waals surface area (Å²) in [7, 11) is 3.34. The van der Waals surface area contributed by atoms with Crippen LogP contribution in [0.25, 0.3) is 0 Å². The van der Waals surface area contributed by atoms with Crippen LogP contribution >= 0.6 is 0 Å². The van der Waals surface area contributed by atoms with Crippen molar-refractivity contribution < 1.29 is 9.47 Å². The van der Waals surface area contributed by atoms with Gasteiger partial charge in [0.1, 0.15) is 5.75 Å². The third-order valence-corrected chi connectivity index (χ3v) is 5.04. The second-order valence-corrected chi connectivity index (χ2v) is 6.65. The van der Waals surface area contributed by atoms with E-state index in [-0.39, 0.29) is 6.04 Å². The molecule has 6 heteroatoms. The van der Waals surface area contributed by atoms with E-state index in [4.69, 9.17) is 9.47 Å². The maximum Gasteiger partial charge on any atom is 0.226 e. The van der Waals surface area contributed by atoms with Crippen molar-refractivity contribution in [2.45, 2.75) is 37.4 Å². The summed E-state index contributed by atoms with van der Waals surface area (Å²) in [5.74, 6) is 2.10. The van der Waals surface area contributed by atoms with Crippen LogP contribution in [-0.4, -0.2) is 47.7 Å². The van der Waals surface area contributed by atoms with Gasteiger partial charge in [-0.05, 0) is 37.0 Å². The van der Waals surface area contributed by atoms with Crippen LogP contribution in [0.1, 0.15) is 30.9 Å². The number of aromatic nitrogens is 2. The van der Waals surface area contributed by atoms with E-state index >= 15 is 0 Å². The molecular weight excluding hydrogens is 316 g/mol. The van der Waals surface area contributed by atoms with Gasteiger partial charge in [0.2, 0.25) is 11.8 Å². The Morgan fingerprint density at radius 2 is 2.00 bits per heavy atom. The van der Waals surface area contributed by atoms with Crippen molar-refractivity contribution in [2.24, 2.45) is 0 Å². The minimum atomic E-state index is 0.264. The van der Waals surface area contributed by atoms with Crippen LogP contribution in [-0.2, 0) is 0 Å². The fourth-order valence-electron chi connectivity index (χ4n) is 3.72. The van der Waals surface area contributed by atoms with E-state index in [1.165, 1.54) is 18.4 Å². The van der Waals surface area contributed by atoms with Gasteiger partial charge in [-0.15, -0.1) is 0 Å². The predicted octanol–water partition coefficient (Wildman–Crippen LogP) is 2.88. The summed E-state index contributed by atoms with van der Waals surface area (Å²) in [6.45, 7) is 1.09. The van der Waals surface area contributed by atoms with Crippen LogP contribution in [0.2, 0.25) is 0 Å². The predicted molar refractivity (Wildman–Crippen MR) is 96.1 cm³/mol. The number of nitrogens with zero attached hydrogens (tertiary/aromatic N) is 3. The summed E-state index contributed by atoms with van der Waals surface area (Å²) in [4.78, 5) is 11.4. The molecule has 4 rings (SSSR count). The fourth-order valence-corrected chi connectivity index (χ4v) is 3.72. The number of ether oxygens (including phenoxy) is 2. The summed E-state index contributed by atoms with van der Waals surface area (Å²) in [6, 6.07) is 11.4. The van der Waals surface area contributed by atoms with E-state index in [1.807, 2.05) is 6.07 Å². The average molecular weight is 340 g/mol. The highest BCUT2D eigenvalue weighted by molar-refractivity contribution is 5.36. The molecule has 1 N–H and O–H groups in total.